The first kappa shape index (κ1) is 17.3. The Kier molecular flexibility index (Phi) is 4.62. The second-order valence-electron chi connectivity index (χ2n) is 6.77. The Morgan fingerprint density at radius 3 is 2.41 bits per heavy atom. The molecule has 6 heteroatoms. The topological polar surface area (TPSA) is 66.7 Å². The van der Waals surface area contributed by atoms with Crippen molar-refractivity contribution in [2.75, 3.05) is 31.1 Å². The highest BCUT2D eigenvalue weighted by Crippen LogP contribution is 2.20. The van der Waals surface area contributed by atoms with Crippen LogP contribution in [0.5, 0.6) is 0 Å². The van der Waals surface area contributed by atoms with Crippen molar-refractivity contribution < 1.29 is 14.1 Å². The van der Waals surface area contributed by atoms with Gasteiger partial charge in [0.1, 0.15) is 5.69 Å². The maximum absolute atomic E-state index is 12.7. The van der Waals surface area contributed by atoms with Crippen molar-refractivity contribution in [3.8, 4) is 0 Å². The summed E-state index contributed by atoms with van der Waals surface area (Å²) in [4.78, 5) is 28.2. The third-order valence-electron chi connectivity index (χ3n) is 5.04. The molecule has 1 aliphatic heterocycles. The lowest BCUT2D eigenvalue weighted by Gasteiger charge is -2.36. The molecule has 0 radical (unpaired) electrons. The molecule has 4 rings (SSSR count). The first-order chi connectivity index (χ1) is 13.1. The number of para-hydroxylation sites is 1. The summed E-state index contributed by atoms with van der Waals surface area (Å²) in [6.07, 6.45) is 0.254. The van der Waals surface area contributed by atoms with Gasteiger partial charge >= 0.3 is 0 Å². The molecule has 0 aliphatic carbocycles. The lowest BCUT2D eigenvalue weighted by atomic mass is 10.1. The molecule has 0 bridgehead atoms. The van der Waals surface area contributed by atoms with Crippen molar-refractivity contribution in [3.05, 3.63) is 59.8 Å². The van der Waals surface area contributed by atoms with E-state index in [4.69, 9.17) is 4.52 Å². The van der Waals surface area contributed by atoms with E-state index >= 15 is 0 Å². The van der Waals surface area contributed by atoms with Gasteiger partial charge in [0, 0.05) is 42.8 Å². The zero-order valence-corrected chi connectivity index (χ0v) is 15.2. The second kappa shape index (κ2) is 7.23. The fraction of sp³-hybridized carbons (Fsp3) is 0.286. The van der Waals surface area contributed by atoms with Crippen molar-refractivity contribution in [2.24, 2.45) is 0 Å². The van der Waals surface area contributed by atoms with Crippen molar-refractivity contribution >= 4 is 28.3 Å². The largest absolute Gasteiger partial charge is 0.368 e. The molecule has 2 aromatic carbocycles. The van der Waals surface area contributed by atoms with Gasteiger partial charge in [0.25, 0.3) is 0 Å². The third-order valence-corrected chi connectivity index (χ3v) is 5.04. The smallest absolute Gasteiger partial charge is 0.228 e. The Morgan fingerprint density at radius 2 is 1.70 bits per heavy atom. The summed E-state index contributed by atoms with van der Waals surface area (Å²) in [7, 11) is 0. The van der Waals surface area contributed by atoms with Crippen molar-refractivity contribution in [2.45, 2.75) is 13.3 Å². The highest BCUT2D eigenvalue weighted by atomic mass is 16.5. The number of fused-ring (bicyclic) bond motifs is 1. The van der Waals surface area contributed by atoms with E-state index in [1.807, 2.05) is 53.4 Å². The summed E-state index contributed by atoms with van der Waals surface area (Å²) in [6.45, 7) is 4.44. The molecule has 0 N–H and O–H groups in total. The molecule has 1 saturated heterocycles. The number of amides is 1. The van der Waals surface area contributed by atoms with Crippen LogP contribution in [0, 0.1) is 0 Å². The van der Waals surface area contributed by atoms with Crippen molar-refractivity contribution in [3.63, 3.8) is 0 Å². The predicted molar refractivity (Wildman–Crippen MR) is 103 cm³/mol. The van der Waals surface area contributed by atoms with Crippen LogP contribution >= 0.6 is 0 Å². The number of carbonyl (C=O) groups is 2. The van der Waals surface area contributed by atoms with E-state index in [0.717, 1.165) is 24.2 Å². The molecule has 0 spiro atoms. The molecule has 1 amide bonds. The molecule has 1 aliphatic rings. The highest BCUT2D eigenvalue weighted by Gasteiger charge is 2.23. The van der Waals surface area contributed by atoms with E-state index in [-0.39, 0.29) is 18.1 Å². The number of ketones is 1. The number of rotatable bonds is 4. The van der Waals surface area contributed by atoms with E-state index in [1.54, 1.807) is 6.92 Å². The van der Waals surface area contributed by atoms with Crippen LogP contribution in [0.25, 0.3) is 11.0 Å². The van der Waals surface area contributed by atoms with Crippen LogP contribution < -0.4 is 4.90 Å². The summed E-state index contributed by atoms with van der Waals surface area (Å²) >= 11 is 0. The van der Waals surface area contributed by atoms with Crippen LogP contribution in [0.4, 0.5) is 5.69 Å². The lowest BCUT2D eigenvalue weighted by Crippen LogP contribution is -2.49. The van der Waals surface area contributed by atoms with E-state index in [0.29, 0.717) is 29.9 Å². The predicted octanol–water partition coefficient (Wildman–Crippen LogP) is 2.92. The Labute approximate surface area is 157 Å². The molecule has 27 heavy (non-hydrogen) atoms. The molecular weight excluding hydrogens is 342 g/mol. The van der Waals surface area contributed by atoms with Crippen LogP contribution in [0.2, 0.25) is 0 Å². The van der Waals surface area contributed by atoms with Gasteiger partial charge in [0.2, 0.25) is 5.91 Å². The summed E-state index contributed by atoms with van der Waals surface area (Å²) in [5.74, 6) is 0.137. The fourth-order valence-corrected chi connectivity index (χ4v) is 3.44. The van der Waals surface area contributed by atoms with Crippen LogP contribution in [0.3, 0.4) is 0 Å². The molecule has 1 fully saturated rings. The number of hydrogen-bond acceptors (Lipinski definition) is 5. The Morgan fingerprint density at radius 1 is 1.00 bits per heavy atom. The van der Waals surface area contributed by atoms with Gasteiger partial charge in [-0.2, -0.15) is 0 Å². The van der Waals surface area contributed by atoms with Gasteiger partial charge in [0.15, 0.2) is 11.4 Å². The third kappa shape index (κ3) is 3.56. The number of nitrogens with zero attached hydrogens (tertiary/aromatic N) is 3. The van der Waals surface area contributed by atoms with Gasteiger partial charge in [-0.1, -0.05) is 17.3 Å². The van der Waals surface area contributed by atoms with Gasteiger partial charge < -0.3 is 14.3 Å². The summed E-state index contributed by atoms with van der Waals surface area (Å²) < 4.78 is 5.29. The molecule has 0 atom stereocenters. The number of carbonyl (C=O) groups excluding carboxylic acids is 2. The van der Waals surface area contributed by atoms with Crippen molar-refractivity contribution in [1.29, 1.82) is 0 Å². The standard InChI is InChI=1S/C21H21N3O3/c1-15(25)16-6-8-17(9-7-16)23-10-12-24(13-11-23)21(26)14-19-18-4-2-3-5-20(18)27-22-19/h2-9H,10-14H2,1H3. The van der Waals surface area contributed by atoms with Gasteiger partial charge in [-0.3, -0.25) is 9.59 Å². The Bertz CT molecular complexity index is 970. The maximum Gasteiger partial charge on any atom is 0.228 e. The monoisotopic (exact) mass is 363 g/mol. The molecule has 6 nitrogen and oxygen atoms in total. The zero-order valence-electron chi connectivity index (χ0n) is 15.2. The Balaban J connectivity index is 1.37. The molecule has 0 unspecified atom stereocenters. The van der Waals surface area contributed by atoms with Crippen LogP contribution in [-0.2, 0) is 11.2 Å². The van der Waals surface area contributed by atoms with E-state index in [2.05, 4.69) is 10.1 Å². The number of hydrogen-bond donors (Lipinski definition) is 0. The zero-order chi connectivity index (χ0) is 18.8. The van der Waals surface area contributed by atoms with Crippen LogP contribution in [-0.4, -0.2) is 47.9 Å². The molecule has 0 saturated carbocycles. The normalized spacial score (nSPS) is 14.6. The molecule has 1 aromatic heterocycles. The molecule has 3 aromatic rings. The summed E-state index contributed by atoms with van der Waals surface area (Å²) in [5, 5.41) is 4.95. The van der Waals surface area contributed by atoms with Gasteiger partial charge in [-0.15, -0.1) is 0 Å². The minimum Gasteiger partial charge on any atom is -0.368 e. The van der Waals surface area contributed by atoms with Gasteiger partial charge in [-0.25, -0.2) is 0 Å². The average molecular weight is 363 g/mol. The SMILES string of the molecule is CC(=O)c1ccc(N2CCN(C(=O)Cc3noc4ccccc34)CC2)cc1. The maximum atomic E-state index is 12.7. The first-order valence-corrected chi connectivity index (χ1v) is 9.09. The minimum atomic E-state index is 0.0670. The lowest BCUT2D eigenvalue weighted by molar-refractivity contribution is -0.130. The molecular formula is C21H21N3O3. The number of Topliss-reactive ketones (excluding diaryl/α,β-unsaturated/α-hetero) is 1. The van der Waals surface area contributed by atoms with Crippen LogP contribution in [0.15, 0.2) is 53.1 Å². The van der Waals surface area contributed by atoms with E-state index in [1.165, 1.54) is 0 Å². The fourth-order valence-electron chi connectivity index (χ4n) is 3.44. The number of anilines is 1. The minimum absolute atomic E-state index is 0.0670. The van der Waals surface area contributed by atoms with Gasteiger partial charge in [-0.05, 0) is 43.3 Å². The summed E-state index contributed by atoms with van der Waals surface area (Å²) in [6, 6.07) is 15.2. The van der Waals surface area contributed by atoms with Gasteiger partial charge in [0.05, 0.1) is 6.42 Å². The van der Waals surface area contributed by atoms with E-state index < -0.39 is 0 Å². The number of aromatic nitrogens is 1. The quantitative estimate of drug-likeness (QED) is 0.667. The van der Waals surface area contributed by atoms with E-state index in [9.17, 15) is 9.59 Å². The summed E-state index contributed by atoms with van der Waals surface area (Å²) in [5.41, 5.74) is 3.19. The number of piperazine rings is 1. The number of benzene rings is 2. The molecule has 2 heterocycles. The Hall–Kier alpha value is -3.15. The first-order valence-electron chi connectivity index (χ1n) is 9.09. The van der Waals surface area contributed by atoms with Crippen LogP contribution in [0.1, 0.15) is 23.0 Å². The average Bonchev–Trinajstić information content (AvgIpc) is 3.11. The van der Waals surface area contributed by atoms with Crippen molar-refractivity contribution in [1.82, 2.24) is 10.1 Å². The second-order valence-corrected chi connectivity index (χ2v) is 6.77. The molecule has 138 valence electrons. The highest BCUT2D eigenvalue weighted by molar-refractivity contribution is 5.94.